The summed E-state index contributed by atoms with van der Waals surface area (Å²) < 4.78 is 33.1. The van der Waals surface area contributed by atoms with Crippen molar-refractivity contribution in [2.45, 2.75) is 31.8 Å². The molecular formula is C29H26F2N4O3. The minimum Gasteiger partial charge on any atom is -0.457 e. The predicted molar refractivity (Wildman–Crippen MR) is 135 cm³/mol. The Morgan fingerprint density at radius 3 is 2.24 bits per heavy atom. The van der Waals surface area contributed by atoms with Crippen LogP contribution in [0.4, 0.5) is 8.78 Å². The van der Waals surface area contributed by atoms with Crippen LogP contribution in [0.5, 0.6) is 11.5 Å². The van der Waals surface area contributed by atoms with Gasteiger partial charge in [-0.1, -0.05) is 30.3 Å². The largest absolute Gasteiger partial charge is 0.457 e. The van der Waals surface area contributed by atoms with Gasteiger partial charge in [0.1, 0.15) is 29.7 Å². The first-order valence-corrected chi connectivity index (χ1v) is 12.4. The third-order valence-electron chi connectivity index (χ3n) is 6.64. The number of ether oxygens (including phenoxy) is 1. The Kier molecular flexibility index (Phi) is 7.53. The molecule has 1 fully saturated rings. The van der Waals surface area contributed by atoms with Gasteiger partial charge in [-0.05, 0) is 72.4 Å². The Balaban J connectivity index is 1.27. The summed E-state index contributed by atoms with van der Waals surface area (Å²) in [5, 5.41) is 8.00. The van der Waals surface area contributed by atoms with E-state index in [9.17, 15) is 18.4 Å². The van der Waals surface area contributed by atoms with Crippen LogP contribution in [0, 0.1) is 17.6 Å². The van der Waals surface area contributed by atoms with Gasteiger partial charge in [0, 0.05) is 13.0 Å². The summed E-state index contributed by atoms with van der Waals surface area (Å²) in [7, 11) is 0. The summed E-state index contributed by atoms with van der Waals surface area (Å²) in [4.78, 5) is 29.4. The minimum absolute atomic E-state index is 0.0538. The standard InChI is InChI=1S/C29H26F2N4O3/c30-23-7-11-25(12-8-23)38-24-9-5-20(6-10-24)17-28(36)27-16-21(15-22-3-1-2-4-26(22)31)18-34(27)29(37)19-35-32-13-14-33-35/h1-14,21,27H,15-19H2/t21-,27+/m1/s1. The lowest BCUT2D eigenvalue weighted by Crippen LogP contribution is -2.43. The van der Waals surface area contributed by atoms with Crippen molar-refractivity contribution in [3.8, 4) is 11.5 Å². The number of rotatable bonds is 9. The molecule has 2 heterocycles. The number of aromatic nitrogens is 3. The second-order valence-corrected chi connectivity index (χ2v) is 9.36. The van der Waals surface area contributed by atoms with Gasteiger partial charge < -0.3 is 9.64 Å². The van der Waals surface area contributed by atoms with E-state index in [4.69, 9.17) is 4.74 Å². The van der Waals surface area contributed by atoms with Crippen molar-refractivity contribution in [2.75, 3.05) is 6.54 Å². The van der Waals surface area contributed by atoms with Crippen molar-refractivity contribution >= 4 is 11.7 Å². The zero-order chi connectivity index (χ0) is 26.5. The van der Waals surface area contributed by atoms with Crippen molar-refractivity contribution in [3.05, 3.63) is 108 Å². The van der Waals surface area contributed by atoms with Crippen LogP contribution in [-0.4, -0.2) is 44.2 Å². The fourth-order valence-corrected chi connectivity index (χ4v) is 4.80. The molecule has 0 bridgehead atoms. The van der Waals surface area contributed by atoms with Crippen LogP contribution in [0.2, 0.25) is 0 Å². The maximum atomic E-state index is 14.3. The molecular weight excluding hydrogens is 490 g/mol. The summed E-state index contributed by atoms with van der Waals surface area (Å²) in [5.41, 5.74) is 1.35. The minimum atomic E-state index is -0.620. The molecule has 0 unspecified atom stereocenters. The molecule has 0 saturated carbocycles. The van der Waals surface area contributed by atoms with Crippen LogP contribution in [0.1, 0.15) is 17.5 Å². The van der Waals surface area contributed by atoms with E-state index in [2.05, 4.69) is 10.2 Å². The number of carbonyl (C=O) groups is 2. The quantitative estimate of drug-likeness (QED) is 0.325. The van der Waals surface area contributed by atoms with E-state index in [1.54, 1.807) is 47.4 Å². The van der Waals surface area contributed by atoms with Crippen LogP contribution in [-0.2, 0) is 29.0 Å². The Bertz CT molecular complexity index is 1390. The molecule has 9 heteroatoms. The van der Waals surface area contributed by atoms with Gasteiger partial charge >= 0.3 is 0 Å². The number of likely N-dealkylation sites (tertiary alicyclic amines) is 1. The molecule has 4 aromatic rings. The normalized spacial score (nSPS) is 16.9. The first-order chi connectivity index (χ1) is 18.4. The SMILES string of the molecule is O=C(Cc1ccc(Oc2ccc(F)cc2)cc1)[C@@H]1C[C@@H](Cc2ccccc2F)CN1C(=O)Cn1nccn1. The van der Waals surface area contributed by atoms with Crippen LogP contribution in [0.3, 0.4) is 0 Å². The molecule has 194 valence electrons. The fraction of sp³-hybridized carbons (Fsp3) is 0.241. The number of hydrogen-bond acceptors (Lipinski definition) is 5. The van der Waals surface area contributed by atoms with Crippen molar-refractivity contribution in [1.29, 1.82) is 0 Å². The zero-order valence-corrected chi connectivity index (χ0v) is 20.5. The Morgan fingerprint density at radius 2 is 1.55 bits per heavy atom. The van der Waals surface area contributed by atoms with Crippen molar-refractivity contribution in [3.63, 3.8) is 0 Å². The zero-order valence-electron chi connectivity index (χ0n) is 20.5. The lowest BCUT2D eigenvalue weighted by atomic mass is 9.94. The van der Waals surface area contributed by atoms with E-state index in [0.717, 1.165) is 5.56 Å². The topological polar surface area (TPSA) is 77.3 Å². The van der Waals surface area contributed by atoms with E-state index < -0.39 is 6.04 Å². The lowest BCUT2D eigenvalue weighted by Gasteiger charge is -2.23. The number of nitrogens with zero attached hydrogens (tertiary/aromatic N) is 4. The van der Waals surface area contributed by atoms with Gasteiger partial charge in [-0.2, -0.15) is 15.0 Å². The van der Waals surface area contributed by atoms with Crippen molar-refractivity contribution in [2.24, 2.45) is 5.92 Å². The molecule has 1 aliphatic rings. The monoisotopic (exact) mass is 516 g/mol. The van der Waals surface area contributed by atoms with E-state index in [-0.39, 0.29) is 42.2 Å². The smallest absolute Gasteiger partial charge is 0.246 e. The highest BCUT2D eigenvalue weighted by Crippen LogP contribution is 2.29. The summed E-state index contributed by atoms with van der Waals surface area (Å²) in [6.07, 6.45) is 4.01. The Morgan fingerprint density at radius 1 is 0.895 bits per heavy atom. The molecule has 0 spiro atoms. The van der Waals surface area contributed by atoms with Gasteiger partial charge in [0.15, 0.2) is 5.78 Å². The number of amides is 1. The molecule has 0 aliphatic carbocycles. The Labute approximate surface area is 218 Å². The maximum absolute atomic E-state index is 14.3. The van der Waals surface area contributed by atoms with E-state index in [0.29, 0.717) is 36.4 Å². The van der Waals surface area contributed by atoms with Crippen LogP contribution < -0.4 is 4.74 Å². The summed E-state index contributed by atoms with van der Waals surface area (Å²) in [6.45, 7) is 0.286. The number of carbonyl (C=O) groups excluding carboxylic acids is 2. The molecule has 2 atom stereocenters. The van der Waals surface area contributed by atoms with Gasteiger partial charge in [0.25, 0.3) is 0 Å². The molecule has 1 aromatic heterocycles. The van der Waals surface area contributed by atoms with Gasteiger partial charge in [-0.15, -0.1) is 0 Å². The molecule has 1 aliphatic heterocycles. The third-order valence-corrected chi connectivity index (χ3v) is 6.64. The summed E-state index contributed by atoms with van der Waals surface area (Å²) >= 11 is 0. The van der Waals surface area contributed by atoms with Gasteiger partial charge in [0.2, 0.25) is 5.91 Å². The molecule has 5 rings (SSSR count). The lowest BCUT2D eigenvalue weighted by molar-refractivity contribution is -0.138. The van der Waals surface area contributed by atoms with E-state index >= 15 is 0 Å². The molecule has 1 amide bonds. The first kappa shape index (κ1) is 25.3. The number of hydrogen-bond donors (Lipinski definition) is 0. The van der Waals surface area contributed by atoms with Crippen LogP contribution in [0.25, 0.3) is 0 Å². The van der Waals surface area contributed by atoms with Gasteiger partial charge in [0.05, 0.1) is 18.4 Å². The fourth-order valence-electron chi connectivity index (χ4n) is 4.80. The van der Waals surface area contributed by atoms with Gasteiger partial charge in [-0.25, -0.2) is 8.78 Å². The van der Waals surface area contributed by atoms with Crippen LogP contribution in [0.15, 0.2) is 85.2 Å². The second kappa shape index (κ2) is 11.3. The number of benzene rings is 3. The third kappa shape index (κ3) is 6.11. The van der Waals surface area contributed by atoms with E-state index in [1.165, 1.54) is 47.5 Å². The van der Waals surface area contributed by atoms with Gasteiger partial charge in [-0.3, -0.25) is 9.59 Å². The summed E-state index contributed by atoms with van der Waals surface area (Å²) in [5.74, 6) is 0.0343. The Hall–Kier alpha value is -4.40. The molecule has 0 radical (unpaired) electrons. The molecule has 7 nitrogen and oxygen atoms in total. The van der Waals surface area contributed by atoms with Crippen LogP contribution >= 0.6 is 0 Å². The number of Topliss-reactive ketones (excluding diaryl/α,β-unsaturated/α-hetero) is 1. The maximum Gasteiger partial charge on any atom is 0.246 e. The molecule has 3 aromatic carbocycles. The first-order valence-electron chi connectivity index (χ1n) is 12.4. The predicted octanol–water partition coefficient (Wildman–Crippen LogP) is 4.62. The van der Waals surface area contributed by atoms with E-state index in [1.807, 2.05) is 0 Å². The van der Waals surface area contributed by atoms with Crippen molar-refractivity contribution in [1.82, 2.24) is 19.9 Å². The average Bonchev–Trinajstić information content (AvgIpc) is 3.58. The average molecular weight is 517 g/mol. The molecule has 0 N–H and O–H groups in total. The number of ketones is 1. The van der Waals surface area contributed by atoms with Crippen molar-refractivity contribution < 1.29 is 23.1 Å². The molecule has 1 saturated heterocycles. The highest BCUT2D eigenvalue weighted by molar-refractivity contribution is 5.91. The highest BCUT2D eigenvalue weighted by atomic mass is 19.1. The number of halogens is 2. The second-order valence-electron chi connectivity index (χ2n) is 9.36. The molecule has 38 heavy (non-hydrogen) atoms. The highest BCUT2D eigenvalue weighted by Gasteiger charge is 2.39. The summed E-state index contributed by atoms with van der Waals surface area (Å²) in [6, 6.07) is 18.7.